The molecular weight excluding hydrogens is 257 g/mol. The van der Waals surface area contributed by atoms with Gasteiger partial charge in [-0.25, -0.2) is 0 Å². The van der Waals surface area contributed by atoms with Gasteiger partial charge in [-0.15, -0.1) is 25.6 Å². The van der Waals surface area contributed by atoms with Crippen molar-refractivity contribution in [2.24, 2.45) is 5.73 Å². The molecule has 0 fully saturated rings. The molecule has 0 aliphatic carbocycles. The molecule has 0 amide bonds. The molecule has 0 bridgehead atoms. The summed E-state index contributed by atoms with van der Waals surface area (Å²) in [6.45, 7) is 0. The molecule has 3 nitrogen and oxygen atoms in total. The number of nitrogens with zero attached hydrogens (tertiary/aromatic N) is 1. The molecule has 0 radical (unpaired) electrons. The molecule has 0 saturated carbocycles. The van der Waals surface area contributed by atoms with Crippen molar-refractivity contribution in [3.63, 3.8) is 0 Å². The van der Waals surface area contributed by atoms with Gasteiger partial charge >= 0.3 is 6.36 Å². The number of benzene rings is 1. The zero-order chi connectivity index (χ0) is 12.2. The van der Waals surface area contributed by atoms with Gasteiger partial charge in [0.25, 0.3) is 0 Å². The first kappa shape index (κ1) is 15.6. The quantitative estimate of drug-likeness (QED) is 0.915. The van der Waals surface area contributed by atoms with Crippen LogP contribution >= 0.6 is 12.4 Å². The highest BCUT2D eigenvalue weighted by Gasteiger charge is 2.32. The average Bonchev–Trinajstić information content (AvgIpc) is 2.16. The topological polar surface area (TPSA) is 59.0 Å². The number of para-hydroxylation sites is 1. The SMILES string of the molecule is Cl.N#CC[C@H](N)c1ccccc1OC(F)(F)F. The lowest BCUT2D eigenvalue weighted by molar-refractivity contribution is -0.275. The van der Waals surface area contributed by atoms with Gasteiger partial charge in [-0.2, -0.15) is 5.26 Å². The number of nitriles is 1. The van der Waals surface area contributed by atoms with Crippen LogP contribution in [0.25, 0.3) is 0 Å². The first-order valence-corrected chi connectivity index (χ1v) is 4.41. The van der Waals surface area contributed by atoms with Crippen LogP contribution in [-0.2, 0) is 0 Å². The van der Waals surface area contributed by atoms with Gasteiger partial charge in [-0.3, -0.25) is 0 Å². The molecule has 0 unspecified atom stereocenters. The predicted octanol–water partition coefficient (Wildman–Crippen LogP) is 2.92. The first-order valence-electron chi connectivity index (χ1n) is 4.41. The standard InChI is InChI=1S/C10H9F3N2O.ClH/c11-10(12,13)16-9-4-2-1-3-7(9)8(15)5-6-14;/h1-4,8H,5,15H2;1H/t8-;/m0./s1. The van der Waals surface area contributed by atoms with E-state index in [1.165, 1.54) is 24.3 Å². The van der Waals surface area contributed by atoms with E-state index in [4.69, 9.17) is 11.0 Å². The van der Waals surface area contributed by atoms with Crippen molar-refractivity contribution in [3.8, 4) is 11.8 Å². The zero-order valence-corrected chi connectivity index (χ0v) is 9.39. The Morgan fingerprint density at radius 3 is 2.47 bits per heavy atom. The number of halogens is 4. The second-order valence-electron chi connectivity index (χ2n) is 3.05. The molecule has 2 N–H and O–H groups in total. The monoisotopic (exact) mass is 266 g/mol. The summed E-state index contributed by atoms with van der Waals surface area (Å²) in [5.74, 6) is -0.363. The Bertz CT molecular complexity index is 403. The summed E-state index contributed by atoms with van der Waals surface area (Å²) in [6, 6.07) is 6.52. The lowest BCUT2D eigenvalue weighted by atomic mass is 10.0. The number of hydrogen-bond acceptors (Lipinski definition) is 3. The van der Waals surface area contributed by atoms with Gasteiger partial charge in [0.05, 0.1) is 12.5 Å². The molecule has 1 aromatic rings. The van der Waals surface area contributed by atoms with Crippen molar-refractivity contribution in [1.29, 1.82) is 5.26 Å². The molecule has 0 heterocycles. The van der Waals surface area contributed by atoms with E-state index in [0.29, 0.717) is 0 Å². The average molecular weight is 267 g/mol. The van der Waals surface area contributed by atoms with E-state index in [1.54, 1.807) is 6.07 Å². The normalized spacial score (nSPS) is 12.2. The minimum absolute atomic E-state index is 0. The van der Waals surface area contributed by atoms with E-state index in [1.807, 2.05) is 0 Å². The Balaban J connectivity index is 0.00000256. The Morgan fingerprint density at radius 2 is 1.94 bits per heavy atom. The molecule has 1 aromatic carbocycles. The zero-order valence-electron chi connectivity index (χ0n) is 8.57. The summed E-state index contributed by atoms with van der Waals surface area (Å²) < 4.78 is 39.9. The predicted molar refractivity (Wildman–Crippen MR) is 57.5 cm³/mol. The van der Waals surface area contributed by atoms with Crippen LogP contribution in [0.5, 0.6) is 5.75 Å². The summed E-state index contributed by atoms with van der Waals surface area (Å²) in [7, 11) is 0. The highest BCUT2D eigenvalue weighted by molar-refractivity contribution is 5.85. The summed E-state index contributed by atoms with van der Waals surface area (Å²) in [6.07, 6.45) is -4.83. The van der Waals surface area contributed by atoms with Gasteiger partial charge in [-0.05, 0) is 6.07 Å². The van der Waals surface area contributed by atoms with Gasteiger partial charge in [0.2, 0.25) is 0 Å². The van der Waals surface area contributed by atoms with Crippen molar-refractivity contribution in [2.45, 2.75) is 18.8 Å². The Labute approximate surface area is 102 Å². The third-order valence-corrected chi connectivity index (χ3v) is 1.86. The number of ether oxygens (including phenoxy) is 1. The molecule has 1 rings (SSSR count). The van der Waals surface area contributed by atoms with E-state index in [-0.39, 0.29) is 30.1 Å². The Hall–Kier alpha value is -1.45. The van der Waals surface area contributed by atoms with Gasteiger partial charge in [0.15, 0.2) is 0 Å². The van der Waals surface area contributed by atoms with E-state index >= 15 is 0 Å². The van der Waals surface area contributed by atoms with Crippen molar-refractivity contribution in [3.05, 3.63) is 29.8 Å². The molecule has 0 aliphatic heterocycles. The number of nitrogens with two attached hydrogens (primary N) is 1. The lowest BCUT2D eigenvalue weighted by Gasteiger charge is -2.15. The van der Waals surface area contributed by atoms with E-state index in [0.717, 1.165) is 0 Å². The molecule has 0 aromatic heterocycles. The van der Waals surface area contributed by atoms with Crippen LogP contribution in [0.15, 0.2) is 24.3 Å². The summed E-state index contributed by atoms with van der Waals surface area (Å²) >= 11 is 0. The van der Waals surface area contributed by atoms with Crippen LogP contribution in [0.2, 0.25) is 0 Å². The number of alkyl halides is 3. The van der Waals surface area contributed by atoms with Gasteiger partial charge < -0.3 is 10.5 Å². The summed E-state index contributed by atoms with van der Waals surface area (Å²) in [5, 5.41) is 8.43. The second kappa shape index (κ2) is 6.33. The minimum Gasteiger partial charge on any atom is -0.405 e. The maximum atomic E-state index is 12.0. The third kappa shape index (κ3) is 4.93. The number of hydrogen-bond donors (Lipinski definition) is 1. The number of rotatable bonds is 3. The largest absolute Gasteiger partial charge is 0.573 e. The molecule has 94 valence electrons. The van der Waals surface area contributed by atoms with Gasteiger partial charge in [0, 0.05) is 11.6 Å². The lowest BCUT2D eigenvalue weighted by Crippen LogP contribution is -2.20. The molecule has 0 aliphatic rings. The van der Waals surface area contributed by atoms with Gasteiger partial charge in [-0.1, -0.05) is 18.2 Å². The summed E-state index contributed by atoms with van der Waals surface area (Å²) in [4.78, 5) is 0. The molecular formula is C10H10ClF3N2O. The van der Waals surface area contributed by atoms with Crippen molar-refractivity contribution in [2.75, 3.05) is 0 Å². The fraction of sp³-hybridized carbons (Fsp3) is 0.300. The van der Waals surface area contributed by atoms with Crippen molar-refractivity contribution < 1.29 is 17.9 Å². The van der Waals surface area contributed by atoms with Gasteiger partial charge in [0.1, 0.15) is 5.75 Å². The fourth-order valence-corrected chi connectivity index (χ4v) is 1.21. The van der Waals surface area contributed by atoms with Crippen LogP contribution in [-0.4, -0.2) is 6.36 Å². The van der Waals surface area contributed by atoms with E-state index < -0.39 is 12.4 Å². The van der Waals surface area contributed by atoms with Crippen LogP contribution < -0.4 is 10.5 Å². The third-order valence-electron chi connectivity index (χ3n) is 1.86. The minimum atomic E-state index is -4.76. The molecule has 17 heavy (non-hydrogen) atoms. The Kier molecular flexibility index (Phi) is 5.79. The van der Waals surface area contributed by atoms with Crippen LogP contribution in [0.4, 0.5) is 13.2 Å². The van der Waals surface area contributed by atoms with Crippen LogP contribution in [0, 0.1) is 11.3 Å². The summed E-state index contributed by atoms with van der Waals surface area (Å²) in [5.41, 5.74) is 5.72. The maximum absolute atomic E-state index is 12.0. The van der Waals surface area contributed by atoms with Crippen molar-refractivity contribution in [1.82, 2.24) is 0 Å². The molecule has 0 spiro atoms. The van der Waals surface area contributed by atoms with E-state index in [2.05, 4.69) is 4.74 Å². The highest BCUT2D eigenvalue weighted by atomic mass is 35.5. The second-order valence-corrected chi connectivity index (χ2v) is 3.05. The van der Waals surface area contributed by atoms with Crippen LogP contribution in [0.1, 0.15) is 18.0 Å². The van der Waals surface area contributed by atoms with Crippen molar-refractivity contribution >= 4 is 12.4 Å². The molecule has 1 atom stereocenters. The Morgan fingerprint density at radius 1 is 1.35 bits per heavy atom. The smallest absolute Gasteiger partial charge is 0.405 e. The fourth-order valence-electron chi connectivity index (χ4n) is 1.21. The molecule has 0 saturated heterocycles. The highest BCUT2D eigenvalue weighted by Crippen LogP contribution is 2.30. The van der Waals surface area contributed by atoms with E-state index in [9.17, 15) is 13.2 Å². The maximum Gasteiger partial charge on any atom is 0.573 e. The van der Waals surface area contributed by atoms with Crippen LogP contribution in [0.3, 0.4) is 0 Å². The first-order chi connectivity index (χ1) is 7.44. The molecule has 7 heteroatoms.